The van der Waals surface area contributed by atoms with E-state index in [0.29, 0.717) is 5.56 Å². The van der Waals surface area contributed by atoms with Crippen molar-refractivity contribution in [3.63, 3.8) is 0 Å². The summed E-state index contributed by atoms with van der Waals surface area (Å²) >= 11 is 0. The summed E-state index contributed by atoms with van der Waals surface area (Å²) in [7, 11) is 0. The van der Waals surface area contributed by atoms with Crippen LogP contribution in [0.5, 0.6) is 0 Å². The number of ether oxygens (including phenoxy) is 1. The van der Waals surface area contributed by atoms with Crippen LogP contribution in [-0.2, 0) is 63.9 Å². The van der Waals surface area contributed by atoms with Crippen LogP contribution in [0.4, 0.5) is 0 Å². The molecule has 1 aliphatic heterocycles. The van der Waals surface area contributed by atoms with Crippen molar-refractivity contribution in [3.8, 4) is 0 Å². The second kappa shape index (κ2) is 25.1. The highest BCUT2D eigenvalue weighted by atomic mass is 16.5. The zero-order chi connectivity index (χ0) is 48.6. The fourth-order valence-corrected chi connectivity index (χ4v) is 6.55. The molecule has 64 heavy (non-hydrogen) atoms. The number of esters is 1. The maximum atomic E-state index is 14.2. The van der Waals surface area contributed by atoms with Crippen molar-refractivity contribution in [3.05, 3.63) is 35.9 Å². The third-order valence-electron chi connectivity index (χ3n) is 9.79. The number of carbonyl (C=O) groups is 11. The van der Waals surface area contributed by atoms with E-state index in [2.05, 4.69) is 37.2 Å². The number of amides is 8. The Morgan fingerprint density at radius 2 is 1.28 bits per heavy atom. The lowest BCUT2D eigenvalue weighted by Crippen LogP contribution is -2.63. The minimum Gasteiger partial charge on any atom is -0.458 e. The summed E-state index contributed by atoms with van der Waals surface area (Å²) < 4.78 is 5.50. The van der Waals surface area contributed by atoms with Crippen LogP contribution >= 0.6 is 0 Å². The third-order valence-corrected chi connectivity index (χ3v) is 9.79. The Morgan fingerprint density at radius 1 is 0.719 bits per heavy atom. The Labute approximate surface area is 372 Å². The summed E-state index contributed by atoms with van der Waals surface area (Å²) in [5.41, 5.74) is 5.99. The molecule has 1 aromatic rings. The number of hydrogen-bond donors (Lipinski definition) is 9. The number of aliphatic hydroxyl groups is 1. The van der Waals surface area contributed by atoms with E-state index in [0.717, 1.165) is 6.92 Å². The van der Waals surface area contributed by atoms with Gasteiger partial charge in [0.1, 0.15) is 42.4 Å². The zero-order valence-corrected chi connectivity index (χ0v) is 37.8. The number of benzene rings is 1. The fraction of sp³-hybridized carbons (Fsp3) is 0.605. The van der Waals surface area contributed by atoms with Gasteiger partial charge < -0.3 is 52.8 Å². The van der Waals surface area contributed by atoms with Crippen LogP contribution in [-0.4, -0.2) is 124 Å². The van der Waals surface area contributed by atoms with Crippen molar-refractivity contribution in [2.45, 2.75) is 149 Å². The van der Waals surface area contributed by atoms with Gasteiger partial charge in [-0.3, -0.25) is 47.9 Å². The lowest BCUT2D eigenvalue weighted by molar-refractivity contribution is -0.156. The number of hydrogen-bond acceptors (Lipinski definition) is 13. The van der Waals surface area contributed by atoms with E-state index < -0.39 is 132 Å². The molecule has 0 bridgehead atoms. The summed E-state index contributed by atoms with van der Waals surface area (Å²) in [6.07, 6.45) is -4.31. The smallest absolute Gasteiger partial charge is 0.328 e. The lowest BCUT2D eigenvalue weighted by atomic mass is 9.96. The Morgan fingerprint density at radius 3 is 1.83 bits per heavy atom. The number of Topliss-reactive ketones (excluding diaryl/α,β-unsaturated/α-hetero) is 2. The van der Waals surface area contributed by atoms with Crippen molar-refractivity contribution in [1.82, 2.24) is 37.2 Å². The number of nitrogens with one attached hydrogen (secondary N) is 7. The quantitative estimate of drug-likeness (QED) is 0.0649. The highest BCUT2D eigenvalue weighted by molar-refractivity contribution is 6.64. The largest absolute Gasteiger partial charge is 0.458 e. The number of nitrogens with two attached hydrogens (primary N) is 1. The molecule has 21 heteroatoms. The molecule has 0 unspecified atom stereocenters. The standard InChI is InChI=1S/C43H64N8O13/c1-20(2)15-27-35(55)36(56)42(62)49-28(16-21(3)4)38(58)48-30(19-31(44)53)37(57)45-23(7)43(63)64-25(9)34(41(61)47-27)51-40(60)33(24(8)52)50-39(59)29(46-32(54)17-22(5)6)18-26-13-11-10-12-14-26/h10-14,20-25,27-30,33-34,52H,15-19H2,1-9H3,(H2,44,53)(H,45,57)(H,46,54)(H,47,61)(H,48,58)(H,49,62)(H,50,59)(H,51,60)/t23-,24-,25+,27-,28+,29+,30+,33+,34+/m1/s1. The van der Waals surface area contributed by atoms with Crippen molar-refractivity contribution < 1.29 is 62.6 Å². The first-order chi connectivity index (χ1) is 29.8. The lowest BCUT2D eigenvalue weighted by Gasteiger charge is -2.31. The minimum atomic E-state index is -1.94. The molecule has 2 rings (SSSR count). The van der Waals surface area contributed by atoms with Crippen LogP contribution in [0.2, 0.25) is 0 Å². The van der Waals surface area contributed by atoms with Gasteiger partial charge in [-0.2, -0.15) is 0 Å². The Bertz CT molecular complexity index is 1890. The van der Waals surface area contributed by atoms with Gasteiger partial charge >= 0.3 is 5.97 Å². The van der Waals surface area contributed by atoms with Crippen molar-refractivity contribution in [1.29, 1.82) is 0 Å². The van der Waals surface area contributed by atoms with Gasteiger partial charge in [0.05, 0.1) is 18.6 Å². The summed E-state index contributed by atoms with van der Waals surface area (Å²) in [6.45, 7) is 13.8. The van der Waals surface area contributed by atoms with Crippen LogP contribution in [0.15, 0.2) is 30.3 Å². The first kappa shape index (κ1) is 53.9. The zero-order valence-electron chi connectivity index (χ0n) is 37.8. The molecule has 8 amide bonds. The highest BCUT2D eigenvalue weighted by Gasteiger charge is 2.40. The molecule has 354 valence electrons. The van der Waals surface area contributed by atoms with Crippen molar-refractivity contribution in [2.24, 2.45) is 23.5 Å². The number of rotatable bonds is 16. The van der Waals surface area contributed by atoms with Gasteiger partial charge in [-0.05, 0) is 56.9 Å². The second-order valence-electron chi connectivity index (χ2n) is 17.3. The SMILES string of the molecule is CC(C)CC(=O)N[C@@H](Cc1ccccc1)C(=O)N[C@H](C(=O)N[C@@H]1C(=O)N[C@H](CC(C)C)C(=O)C(=O)C(=O)N[C@@H](CC(C)C)C(=O)N[C@@H](CC(N)=O)C(=O)N[C@H](C)C(=O)O[C@H]1C)[C@@H](C)O. The van der Waals surface area contributed by atoms with Crippen LogP contribution < -0.4 is 43.0 Å². The maximum Gasteiger partial charge on any atom is 0.328 e. The van der Waals surface area contributed by atoms with Crippen molar-refractivity contribution in [2.75, 3.05) is 0 Å². The second-order valence-corrected chi connectivity index (χ2v) is 17.3. The topological polar surface area (TPSA) is 327 Å². The van der Waals surface area contributed by atoms with E-state index in [4.69, 9.17) is 10.5 Å². The number of carbonyl (C=O) groups excluding carboxylic acids is 11. The van der Waals surface area contributed by atoms with Crippen LogP contribution in [0.1, 0.15) is 93.6 Å². The van der Waals surface area contributed by atoms with Gasteiger partial charge in [0.25, 0.3) is 11.7 Å². The van der Waals surface area contributed by atoms with Crippen LogP contribution in [0, 0.1) is 17.8 Å². The summed E-state index contributed by atoms with van der Waals surface area (Å²) in [4.78, 5) is 147. The van der Waals surface area contributed by atoms with Crippen LogP contribution in [0.3, 0.4) is 0 Å². The molecule has 1 aliphatic rings. The van der Waals surface area contributed by atoms with Crippen LogP contribution in [0.25, 0.3) is 0 Å². The predicted octanol–water partition coefficient (Wildman–Crippen LogP) is -1.88. The molecule has 10 N–H and O–H groups in total. The molecule has 1 heterocycles. The van der Waals surface area contributed by atoms with Gasteiger partial charge in [-0.25, -0.2) is 4.79 Å². The summed E-state index contributed by atoms with van der Waals surface area (Å²) in [5.74, 6) is -13.4. The van der Waals surface area contributed by atoms with E-state index in [1.807, 2.05) is 13.8 Å². The molecule has 0 radical (unpaired) electrons. The van der Waals surface area contributed by atoms with Gasteiger partial charge in [0.15, 0.2) is 0 Å². The van der Waals surface area contributed by atoms with E-state index in [1.165, 1.54) is 13.8 Å². The van der Waals surface area contributed by atoms with E-state index in [1.54, 1.807) is 58.0 Å². The number of primary amides is 1. The number of ketones is 2. The average Bonchev–Trinajstić information content (AvgIpc) is 3.18. The van der Waals surface area contributed by atoms with Gasteiger partial charge in [-0.1, -0.05) is 71.9 Å². The molecule has 1 aromatic carbocycles. The first-order valence-corrected chi connectivity index (χ1v) is 21.2. The van der Waals surface area contributed by atoms with E-state index >= 15 is 0 Å². The Balaban J connectivity index is 2.63. The van der Waals surface area contributed by atoms with Gasteiger partial charge in [-0.15, -0.1) is 0 Å². The normalized spacial score (nSPS) is 23.3. The van der Waals surface area contributed by atoms with Gasteiger partial charge in [0, 0.05) is 12.8 Å². The minimum absolute atomic E-state index is 0.00651. The average molecular weight is 901 g/mol. The fourth-order valence-electron chi connectivity index (χ4n) is 6.55. The molecule has 0 saturated carbocycles. The van der Waals surface area contributed by atoms with Gasteiger partial charge in [0.2, 0.25) is 47.1 Å². The van der Waals surface area contributed by atoms with Crippen molar-refractivity contribution >= 4 is 64.8 Å². The Hall–Kier alpha value is -6.25. The molecular weight excluding hydrogens is 837 g/mol. The highest BCUT2D eigenvalue weighted by Crippen LogP contribution is 2.13. The predicted molar refractivity (Wildman–Crippen MR) is 229 cm³/mol. The molecule has 0 spiro atoms. The molecule has 1 saturated heterocycles. The maximum absolute atomic E-state index is 14.2. The monoisotopic (exact) mass is 900 g/mol. The first-order valence-electron chi connectivity index (χ1n) is 21.2. The molecular formula is C43H64N8O13. The number of aliphatic hydroxyl groups excluding tert-OH is 1. The summed E-state index contributed by atoms with van der Waals surface area (Å²) in [5, 5.41) is 27.4. The number of cyclic esters (lactones) is 1. The molecule has 0 aromatic heterocycles. The molecule has 0 aliphatic carbocycles. The summed E-state index contributed by atoms with van der Waals surface area (Å²) in [6, 6.07) is -2.76. The molecule has 1 fully saturated rings. The van der Waals surface area contributed by atoms with E-state index in [9.17, 15) is 57.8 Å². The third kappa shape index (κ3) is 17.5. The molecule has 21 nitrogen and oxygen atoms in total. The Kier molecular flexibility index (Phi) is 21.2. The van der Waals surface area contributed by atoms with E-state index in [-0.39, 0.29) is 37.5 Å². The molecule has 9 atom stereocenters.